The molecule has 1 aliphatic heterocycles. The highest BCUT2D eigenvalue weighted by molar-refractivity contribution is 5.85. The lowest BCUT2D eigenvalue weighted by Gasteiger charge is -2.35. The third kappa shape index (κ3) is 7.94. The van der Waals surface area contributed by atoms with Gasteiger partial charge in [-0.2, -0.15) is 13.2 Å². The van der Waals surface area contributed by atoms with Crippen molar-refractivity contribution in [2.24, 2.45) is 0 Å². The number of benzene rings is 1. The minimum absolute atomic E-state index is 0. The molecule has 1 aliphatic rings. The highest BCUT2D eigenvalue weighted by atomic mass is 35.5. The van der Waals surface area contributed by atoms with Gasteiger partial charge in [-0.05, 0) is 31.5 Å². The average Bonchev–Trinajstić information content (AvgIpc) is 2.54. The number of carbonyl (C=O) groups is 1. The Morgan fingerprint density at radius 3 is 2.56 bits per heavy atom. The van der Waals surface area contributed by atoms with Crippen molar-refractivity contribution in [3.05, 3.63) is 29.8 Å². The zero-order chi connectivity index (χ0) is 19.2. The molecule has 27 heavy (non-hydrogen) atoms. The normalized spacial score (nSPS) is 16.5. The van der Waals surface area contributed by atoms with E-state index in [-0.39, 0.29) is 24.9 Å². The molecule has 0 bridgehead atoms. The molecule has 0 radical (unpaired) electrons. The fourth-order valence-corrected chi connectivity index (χ4v) is 2.90. The largest absolute Gasteiger partial charge is 0.491 e. The number of nitrogens with one attached hydrogen (secondary N) is 2. The molecule has 9 heteroatoms. The summed E-state index contributed by atoms with van der Waals surface area (Å²) < 4.78 is 45.5. The highest BCUT2D eigenvalue weighted by Gasteiger charge is 2.43. The van der Waals surface area contributed by atoms with Crippen molar-refractivity contribution in [2.75, 3.05) is 32.7 Å². The summed E-state index contributed by atoms with van der Waals surface area (Å²) >= 11 is 0. The number of piperazine rings is 1. The molecule has 1 aromatic carbocycles. The summed E-state index contributed by atoms with van der Waals surface area (Å²) in [6.07, 6.45) is -4.36. The van der Waals surface area contributed by atoms with Crippen LogP contribution in [0.15, 0.2) is 24.3 Å². The minimum atomic E-state index is -4.38. The molecular formula is C18H27ClF3N3O2. The second kappa shape index (κ2) is 10.7. The molecule has 1 heterocycles. The van der Waals surface area contributed by atoms with Crippen LogP contribution in [0.4, 0.5) is 13.2 Å². The number of hydrogen-bond acceptors (Lipinski definition) is 4. The van der Waals surface area contributed by atoms with Gasteiger partial charge in [0, 0.05) is 32.7 Å². The number of halogens is 4. The van der Waals surface area contributed by atoms with Gasteiger partial charge < -0.3 is 15.4 Å². The number of ether oxygens (including phenoxy) is 1. The Kier molecular flexibility index (Phi) is 9.35. The predicted molar refractivity (Wildman–Crippen MR) is 100 cm³/mol. The summed E-state index contributed by atoms with van der Waals surface area (Å²) in [5, 5.41) is 5.46. The summed E-state index contributed by atoms with van der Waals surface area (Å²) in [5.41, 5.74) is 0.700. The van der Waals surface area contributed by atoms with Crippen molar-refractivity contribution < 1.29 is 22.7 Å². The Hall–Kier alpha value is -1.51. The van der Waals surface area contributed by atoms with Crippen LogP contribution in [0, 0.1) is 0 Å². The molecule has 0 saturated carbocycles. The summed E-state index contributed by atoms with van der Waals surface area (Å²) in [4.78, 5) is 13.5. The topological polar surface area (TPSA) is 53.6 Å². The Bertz CT molecular complexity index is 593. The maximum Gasteiger partial charge on any atom is 0.405 e. The highest BCUT2D eigenvalue weighted by Crippen LogP contribution is 2.24. The molecule has 1 amide bonds. The molecule has 0 spiro atoms. The van der Waals surface area contributed by atoms with Crippen LogP contribution in [0.1, 0.15) is 19.4 Å². The van der Waals surface area contributed by atoms with Gasteiger partial charge in [0.2, 0.25) is 5.91 Å². The summed E-state index contributed by atoms with van der Waals surface area (Å²) in [7, 11) is 0. The third-order valence-electron chi connectivity index (χ3n) is 4.10. The van der Waals surface area contributed by atoms with Gasteiger partial charge in [-0.15, -0.1) is 12.4 Å². The lowest BCUT2D eigenvalue weighted by atomic mass is 10.1. The number of carbonyl (C=O) groups excluding carboxylic acids is 1. The quantitative estimate of drug-likeness (QED) is 0.726. The first-order valence-corrected chi connectivity index (χ1v) is 8.79. The van der Waals surface area contributed by atoms with Crippen molar-refractivity contribution in [3.8, 4) is 5.75 Å². The molecule has 1 atom stereocenters. The van der Waals surface area contributed by atoms with Crippen LogP contribution in [0.5, 0.6) is 5.75 Å². The molecule has 154 valence electrons. The standard InChI is InChI=1S/C18H26F3N3O2.ClH/c1-13(2)26-15-5-3-4-14(10-15)11-17(25)23-12-16(18(19,20)21)24-8-6-22-7-9-24;/h3-5,10,13,16,22H,6-9,11-12H2,1-2H3,(H,23,25);1H. The van der Waals surface area contributed by atoms with Crippen molar-refractivity contribution in [2.45, 2.75) is 38.6 Å². The van der Waals surface area contributed by atoms with E-state index in [0.717, 1.165) is 0 Å². The lowest BCUT2D eigenvalue weighted by Crippen LogP contribution is -2.57. The summed E-state index contributed by atoms with van der Waals surface area (Å²) in [5.74, 6) is 0.204. The number of hydrogen-bond donors (Lipinski definition) is 2. The predicted octanol–water partition coefficient (Wildman–Crippen LogP) is 2.39. The van der Waals surface area contributed by atoms with E-state index >= 15 is 0 Å². The van der Waals surface area contributed by atoms with Gasteiger partial charge in [-0.3, -0.25) is 9.69 Å². The fraction of sp³-hybridized carbons (Fsp3) is 0.611. The van der Waals surface area contributed by atoms with E-state index < -0.39 is 24.7 Å². The van der Waals surface area contributed by atoms with E-state index in [2.05, 4.69) is 10.6 Å². The first-order valence-electron chi connectivity index (χ1n) is 8.79. The van der Waals surface area contributed by atoms with E-state index in [4.69, 9.17) is 4.74 Å². The third-order valence-corrected chi connectivity index (χ3v) is 4.10. The van der Waals surface area contributed by atoms with Gasteiger partial charge in [-0.1, -0.05) is 12.1 Å². The fourth-order valence-electron chi connectivity index (χ4n) is 2.90. The van der Waals surface area contributed by atoms with E-state index in [0.29, 0.717) is 37.5 Å². The molecule has 0 aromatic heterocycles. The molecule has 2 rings (SSSR count). The smallest absolute Gasteiger partial charge is 0.405 e. The van der Waals surface area contributed by atoms with E-state index in [1.54, 1.807) is 24.3 Å². The Morgan fingerprint density at radius 1 is 1.30 bits per heavy atom. The number of amides is 1. The van der Waals surface area contributed by atoms with Crippen LogP contribution in [0.3, 0.4) is 0 Å². The number of nitrogens with zero attached hydrogens (tertiary/aromatic N) is 1. The summed E-state index contributed by atoms with van der Waals surface area (Å²) in [6, 6.07) is 5.37. The minimum Gasteiger partial charge on any atom is -0.491 e. The van der Waals surface area contributed by atoms with E-state index in [9.17, 15) is 18.0 Å². The van der Waals surface area contributed by atoms with Crippen molar-refractivity contribution >= 4 is 18.3 Å². The van der Waals surface area contributed by atoms with Crippen molar-refractivity contribution in [1.82, 2.24) is 15.5 Å². The zero-order valence-electron chi connectivity index (χ0n) is 15.5. The van der Waals surface area contributed by atoms with Gasteiger partial charge in [0.15, 0.2) is 0 Å². The molecular weight excluding hydrogens is 383 g/mol. The van der Waals surface area contributed by atoms with Crippen molar-refractivity contribution in [3.63, 3.8) is 0 Å². The monoisotopic (exact) mass is 409 g/mol. The molecule has 1 aromatic rings. The molecule has 5 nitrogen and oxygen atoms in total. The van der Waals surface area contributed by atoms with Gasteiger partial charge in [0.1, 0.15) is 11.8 Å². The maximum absolute atomic E-state index is 13.3. The van der Waals surface area contributed by atoms with Crippen LogP contribution >= 0.6 is 12.4 Å². The van der Waals surface area contributed by atoms with Gasteiger partial charge in [-0.25, -0.2) is 0 Å². The van der Waals surface area contributed by atoms with Crippen molar-refractivity contribution in [1.29, 1.82) is 0 Å². The Morgan fingerprint density at radius 2 is 1.96 bits per heavy atom. The Balaban J connectivity index is 0.00000364. The number of rotatable bonds is 7. The first-order chi connectivity index (χ1) is 12.3. The molecule has 2 N–H and O–H groups in total. The van der Waals surface area contributed by atoms with Gasteiger partial charge in [0.25, 0.3) is 0 Å². The number of alkyl halides is 3. The molecule has 0 aliphatic carbocycles. The Labute approximate surface area is 164 Å². The van der Waals surface area contributed by atoms with Gasteiger partial charge in [0.05, 0.1) is 12.5 Å². The second-order valence-corrected chi connectivity index (χ2v) is 6.64. The lowest BCUT2D eigenvalue weighted by molar-refractivity contribution is -0.184. The second-order valence-electron chi connectivity index (χ2n) is 6.64. The van der Waals surface area contributed by atoms with Crippen LogP contribution < -0.4 is 15.4 Å². The van der Waals surface area contributed by atoms with Crippen LogP contribution in [0.2, 0.25) is 0 Å². The first kappa shape index (κ1) is 23.5. The van der Waals surface area contributed by atoms with Crippen LogP contribution in [-0.2, 0) is 11.2 Å². The van der Waals surface area contributed by atoms with E-state index in [1.807, 2.05) is 13.8 Å². The van der Waals surface area contributed by atoms with Gasteiger partial charge >= 0.3 is 6.18 Å². The zero-order valence-corrected chi connectivity index (χ0v) is 16.3. The van der Waals surface area contributed by atoms with E-state index in [1.165, 1.54) is 4.90 Å². The summed E-state index contributed by atoms with van der Waals surface area (Å²) in [6.45, 7) is 5.01. The molecule has 1 unspecified atom stereocenters. The SMILES string of the molecule is CC(C)Oc1cccc(CC(=O)NCC(N2CCNCC2)C(F)(F)F)c1.Cl. The molecule has 1 saturated heterocycles. The van der Waals surface area contributed by atoms with Crippen LogP contribution in [0.25, 0.3) is 0 Å². The molecule has 1 fully saturated rings. The maximum atomic E-state index is 13.3. The average molecular weight is 410 g/mol. The van der Waals surface area contributed by atoms with Crippen LogP contribution in [-0.4, -0.2) is 61.9 Å².